The second-order valence-corrected chi connectivity index (χ2v) is 4.75. The zero-order valence-corrected chi connectivity index (χ0v) is 11.2. The van der Waals surface area contributed by atoms with Gasteiger partial charge >= 0.3 is 0 Å². The van der Waals surface area contributed by atoms with Gasteiger partial charge in [0.2, 0.25) is 0 Å². The van der Waals surface area contributed by atoms with E-state index >= 15 is 0 Å². The Hall–Kier alpha value is -1.60. The van der Waals surface area contributed by atoms with E-state index in [9.17, 15) is 0 Å². The minimum Gasteiger partial charge on any atom is -0.310 e. The van der Waals surface area contributed by atoms with Crippen molar-refractivity contribution >= 4 is 0 Å². The Morgan fingerprint density at radius 1 is 0.889 bits per heavy atom. The molecule has 2 aromatic rings. The summed E-state index contributed by atoms with van der Waals surface area (Å²) in [6.45, 7) is 5.37. The van der Waals surface area contributed by atoms with E-state index in [1.807, 2.05) is 6.07 Å². The van der Waals surface area contributed by atoms with Gasteiger partial charge < -0.3 is 5.32 Å². The smallest absolute Gasteiger partial charge is 0.0207 e. The third-order valence-electron chi connectivity index (χ3n) is 3.33. The van der Waals surface area contributed by atoms with Crippen LogP contribution in [0.1, 0.15) is 25.8 Å². The van der Waals surface area contributed by atoms with Gasteiger partial charge in [-0.15, -0.1) is 0 Å². The normalized spacial score (nSPS) is 12.3. The van der Waals surface area contributed by atoms with Crippen molar-refractivity contribution in [3.05, 3.63) is 60.2 Å². The molecule has 2 aromatic carbocycles. The van der Waals surface area contributed by atoms with Crippen molar-refractivity contribution in [2.24, 2.45) is 0 Å². The van der Waals surface area contributed by atoms with Crippen molar-refractivity contribution in [1.29, 1.82) is 0 Å². The number of benzene rings is 2. The maximum Gasteiger partial charge on any atom is 0.0207 e. The van der Waals surface area contributed by atoms with Crippen LogP contribution in [0, 0.1) is 0 Å². The zero-order chi connectivity index (χ0) is 12.8. The molecule has 0 aliphatic carbocycles. The molecule has 1 heteroatoms. The number of hydrogen-bond donors (Lipinski definition) is 1. The Morgan fingerprint density at radius 2 is 1.50 bits per heavy atom. The molecule has 1 N–H and O–H groups in total. The molecule has 0 aliphatic rings. The number of nitrogens with one attached hydrogen (secondary N) is 1. The summed E-state index contributed by atoms with van der Waals surface area (Å²) in [6, 6.07) is 19.9. The highest BCUT2D eigenvalue weighted by atomic mass is 14.9. The first kappa shape index (κ1) is 12.8. The van der Waals surface area contributed by atoms with Crippen LogP contribution in [-0.4, -0.2) is 6.04 Å². The highest BCUT2D eigenvalue weighted by Crippen LogP contribution is 2.19. The van der Waals surface area contributed by atoms with Crippen LogP contribution in [0.25, 0.3) is 11.1 Å². The van der Waals surface area contributed by atoms with Crippen LogP contribution in [0.15, 0.2) is 54.6 Å². The number of hydrogen-bond acceptors (Lipinski definition) is 1. The molecule has 2 rings (SSSR count). The van der Waals surface area contributed by atoms with E-state index in [2.05, 4.69) is 67.7 Å². The summed E-state index contributed by atoms with van der Waals surface area (Å²) in [7, 11) is 0. The predicted molar refractivity (Wildman–Crippen MR) is 78.5 cm³/mol. The molecule has 18 heavy (non-hydrogen) atoms. The van der Waals surface area contributed by atoms with E-state index in [1.54, 1.807) is 0 Å². The molecular formula is C17H21N. The fourth-order valence-corrected chi connectivity index (χ4v) is 1.88. The lowest BCUT2D eigenvalue weighted by Gasteiger charge is -2.11. The second kappa shape index (κ2) is 6.36. The maximum atomic E-state index is 3.51. The van der Waals surface area contributed by atoms with E-state index in [4.69, 9.17) is 0 Å². The zero-order valence-electron chi connectivity index (χ0n) is 11.2. The third kappa shape index (κ3) is 3.44. The van der Waals surface area contributed by atoms with Crippen LogP contribution in [0.2, 0.25) is 0 Å². The Labute approximate surface area is 110 Å². The molecule has 0 spiro atoms. The van der Waals surface area contributed by atoms with Crippen molar-refractivity contribution < 1.29 is 0 Å². The molecule has 0 heterocycles. The van der Waals surface area contributed by atoms with E-state index in [0.717, 1.165) is 6.54 Å². The van der Waals surface area contributed by atoms with Gasteiger partial charge in [0, 0.05) is 12.6 Å². The molecule has 0 radical (unpaired) electrons. The van der Waals surface area contributed by atoms with Crippen molar-refractivity contribution in [1.82, 2.24) is 5.32 Å². The lowest BCUT2D eigenvalue weighted by atomic mass is 10.0. The monoisotopic (exact) mass is 239 g/mol. The quantitative estimate of drug-likeness (QED) is 0.822. The molecule has 0 saturated heterocycles. The molecule has 0 fully saturated rings. The molecule has 0 unspecified atom stereocenters. The summed E-state index contributed by atoms with van der Waals surface area (Å²) in [6.07, 6.45) is 1.17. The fourth-order valence-electron chi connectivity index (χ4n) is 1.88. The van der Waals surface area contributed by atoms with Gasteiger partial charge in [-0.05, 0) is 30.0 Å². The number of rotatable bonds is 5. The van der Waals surface area contributed by atoms with Crippen LogP contribution in [-0.2, 0) is 6.54 Å². The van der Waals surface area contributed by atoms with Gasteiger partial charge in [-0.25, -0.2) is 0 Å². The Kier molecular flexibility index (Phi) is 4.54. The summed E-state index contributed by atoms with van der Waals surface area (Å²) < 4.78 is 0. The first-order valence-corrected chi connectivity index (χ1v) is 6.67. The third-order valence-corrected chi connectivity index (χ3v) is 3.33. The van der Waals surface area contributed by atoms with Crippen LogP contribution in [0.4, 0.5) is 0 Å². The van der Waals surface area contributed by atoms with Gasteiger partial charge in [0.25, 0.3) is 0 Å². The Morgan fingerprint density at radius 3 is 2.11 bits per heavy atom. The average molecular weight is 239 g/mol. The van der Waals surface area contributed by atoms with Crippen LogP contribution >= 0.6 is 0 Å². The molecule has 0 amide bonds. The van der Waals surface area contributed by atoms with Crippen LogP contribution in [0.3, 0.4) is 0 Å². The summed E-state index contributed by atoms with van der Waals surface area (Å²) in [5.74, 6) is 0. The fraction of sp³-hybridized carbons (Fsp3) is 0.294. The lowest BCUT2D eigenvalue weighted by molar-refractivity contribution is 0.534. The standard InChI is InChI=1S/C17H21N/c1-3-14(2)18-13-15-9-11-17(12-10-15)16-7-5-4-6-8-16/h4-12,14,18H,3,13H2,1-2H3/t14-/m0/s1. The average Bonchev–Trinajstić information content (AvgIpc) is 2.46. The summed E-state index contributed by atoms with van der Waals surface area (Å²) in [4.78, 5) is 0. The first-order valence-electron chi connectivity index (χ1n) is 6.67. The van der Waals surface area contributed by atoms with E-state index in [-0.39, 0.29) is 0 Å². The molecule has 0 aliphatic heterocycles. The Balaban J connectivity index is 2.02. The molecule has 94 valence electrons. The topological polar surface area (TPSA) is 12.0 Å². The van der Waals surface area contributed by atoms with Crippen molar-refractivity contribution in [3.8, 4) is 11.1 Å². The van der Waals surface area contributed by atoms with E-state index in [0.29, 0.717) is 6.04 Å². The molecule has 0 bridgehead atoms. The summed E-state index contributed by atoms with van der Waals surface area (Å²) >= 11 is 0. The minimum absolute atomic E-state index is 0.582. The predicted octanol–water partition coefficient (Wildman–Crippen LogP) is 4.24. The van der Waals surface area contributed by atoms with Gasteiger partial charge in [0.05, 0.1) is 0 Å². The summed E-state index contributed by atoms with van der Waals surface area (Å²) in [5, 5.41) is 3.51. The minimum atomic E-state index is 0.582. The maximum absolute atomic E-state index is 3.51. The molecule has 1 nitrogen and oxygen atoms in total. The van der Waals surface area contributed by atoms with E-state index in [1.165, 1.54) is 23.1 Å². The first-order chi connectivity index (χ1) is 8.79. The van der Waals surface area contributed by atoms with Crippen LogP contribution in [0.5, 0.6) is 0 Å². The highest BCUT2D eigenvalue weighted by molar-refractivity contribution is 5.63. The largest absolute Gasteiger partial charge is 0.310 e. The van der Waals surface area contributed by atoms with Gasteiger partial charge in [0.1, 0.15) is 0 Å². The molecular weight excluding hydrogens is 218 g/mol. The van der Waals surface area contributed by atoms with Crippen molar-refractivity contribution in [2.45, 2.75) is 32.9 Å². The van der Waals surface area contributed by atoms with Gasteiger partial charge in [-0.3, -0.25) is 0 Å². The van der Waals surface area contributed by atoms with Crippen molar-refractivity contribution in [3.63, 3.8) is 0 Å². The van der Waals surface area contributed by atoms with Gasteiger partial charge in [0.15, 0.2) is 0 Å². The Bertz CT molecular complexity index is 459. The van der Waals surface area contributed by atoms with Gasteiger partial charge in [-0.2, -0.15) is 0 Å². The highest BCUT2D eigenvalue weighted by Gasteiger charge is 1.99. The van der Waals surface area contributed by atoms with Crippen LogP contribution < -0.4 is 5.32 Å². The molecule has 0 aromatic heterocycles. The lowest BCUT2D eigenvalue weighted by Crippen LogP contribution is -2.24. The molecule has 1 atom stereocenters. The molecule has 0 saturated carbocycles. The second-order valence-electron chi connectivity index (χ2n) is 4.75. The summed E-state index contributed by atoms with van der Waals surface area (Å²) in [5.41, 5.74) is 3.90. The van der Waals surface area contributed by atoms with E-state index < -0.39 is 0 Å². The SMILES string of the molecule is CC[C@H](C)NCc1ccc(-c2ccccc2)cc1. The van der Waals surface area contributed by atoms with Crippen molar-refractivity contribution in [2.75, 3.05) is 0 Å². The van der Waals surface area contributed by atoms with Gasteiger partial charge in [-0.1, -0.05) is 61.5 Å².